The minimum Gasteiger partial charge on any atom is -0.481 e. The Labute approximate surface area is 117 Å². The minimum absolute atomic E-state index is 0.0880. The molecule has 0 aromatic carbocycles. The highest BCUT2D eigenvalue weighted by molar-refractivity contribution is 5.99. The first kappa shape index (κ1) is 15.9. The topological polar surface area (TPSA) is 88.4 Å². The van der Waals surface area contributed by atoms with Crippen molar-refractivity contribution in [3.8, 4) is 0 Å². The molecule has 1 amide bonds. The summed E-state index contributed by atoms with van der Waals surface area (Å²) in [5.74, 6) is -1.59. The van der Waals surface area contributed by atoms with Crippen molar-refractivity contribution >= 4 is 17.7 Å². The molecule has 1 heterocycles. The zero-order valence-electron chi connectivity index (χ0n) is 12.0. The van der Waals surface area contributed by atoms with Gasteiger partial charge in [0.2, 0.25) is 0 Å². The van der Waals surface area contributed by atoms with Crippen LogP contribution in [0.1, 0.15) is 47.5 Å². The van der Waals surface area contributed by atoms with Crippen LogP contribution in [-0.4, -0.2) is 33.9 Å². The van der Waals surface area contributed by atoms with Gasteiger partial charge in [-0.2, -0.15) is 0 Å². The fourth-order valence-corrected chi connectivity index (χ4v) is 1.81. The molecular weight excluding hydrogens is 260 g/mol. The van der Waals surface area contributed by atoms with Gasteiger partial charge in [0.25, 0.3) is 5.91 Å². The van der Waals surface area contributed by atoms with Gasteiger partial charge in [0, 0.05) is 25.4 Å². The molecule has 1 atom stereocenters. The average Bonchev–Trinajstić information content (AvgIpc) is 2.76. The molecule has 1 aromatic rings. The van der Waals surface area contributed by atoms with E-state index in [1.165, 1.54) is 6.92 Å². The van der Waals surface area contributed by atoms with Crippen molar-refractivity contribution in [3.05, 3.63) is 23.5 Å². The van der Waals surface area contributed by atoms with E-state index in [-0.39, 0.29) is 11.7 Å². The van der Waals surface area contributed by atoms with Crippen molar-refractivity contribution in [2.45, 2.75) is 26.7 Å². The number of carboxylic acid groups (broad SMARTS) is 1. The highest BCUT2D eigenvalue weighted by Crippen LogP contribution is 2.08. The van der Waals surface area contributed by atoms with Gasteiger partial charge < -0.3 is 15.0 Å². The maximum Gasteiger partial charge on any atom is 0.306 e. The summed E-state index contributed by atoms with van der Waals surface area (Å²) >= 11 is 0. The molecule has 0 fully saturated rings. The molecule has 0 saturated carbocycles. The van der Waals surface area contributed by atoms with Gasteiger partial charge in [-0.3, -0.25) is 14.4 Å². The number of aliphatic carboxylic acids is 1. The van der Waals surface area contributed by atoms with E-state index in [2.05, 4.69) is 5.32 Å². The molecule has 110 valence electrons. The lowest BCUT2D eigenvalue weighted by Crippen LogP contribution is -2.26. The molecule has 0 aliphatic heterocycles. The Morgan fingerprint density at radius 1 is 1.40 bits per heavy atom. The van der Waals surface area contributed by atoms with E-state index in [4.69, 9.17) is 5.11 Å². The Kier molecular flexibility index (Phi) is 5.49. The van der Waals surface area contributed by atoms with E-state index in [1.54, 1.807) is 30.8 Å². The average molecular weight is 280 g/mol. The number of aryl methyl sites for hydroxylation is 1. The summed E-state index contributed by atoms with van der Waals surface area (Å²) in [6.07, 6.45) is 2.73. The Bertz CT molecular complexity index is 519. The fraction of sp³-hybridized carbons (Fsp3) is 0.500. The lowest BCUT2D eigenvalue weighted by molar-refractivity contribution is -0.141. The van der Waals surface area contributed by atoms with Gasteiger partial charge in [-0.05, 0) is 25.8 Å². The second-order valence-corrected chi connectivity index (χ2v) is 4.92. The van der Waals surface area contributed by atoms with Crippen LogP contribution in [0.5, 0.6) is 0 Å². The van der Waals surface area contributed by atoms with Crippen molar-refractivity contribution in [2.75, 3.05) is 6.54 Å². The summed E-state index contributed by atoms with van der Waals surface area (Å²) in [5, 5.41) is 11.5. The number of carbonyl (C=O) groups excluding carboxylic acids is 2. The summed E-state index contributed by atoms with van der Waals surface area (Å²) in [7, 11) is 1.70. The van der Waals surface area contributed by atoms with Gasteiger partial charge in [0.1, 0.15) is 5.69 Å². The third kappa shape index (κ3) is 4.22. The normalized spacial score (nSPS) is 11.9. The Morgan fingerprint density at radius 3 is 2.55 bits per heavy atom. The Morgan fingerprint density at radius 2 is 2.05 bits per heavy atom. The van der Waals surface area contributed by atoms with Gasteiger partial charge in [-0.25, -0.2) is 0 Å². The highest BCUT2D eigenvalue weighted by Gasteiger charge is 2.14. The number of nitrogens with zero attached hydrogens (tertiary/aromatic N) is 1. The summed E-state index contributed by atoms with van der Waals surface area (Å²) in [6, 6.07) is 1.55. The van der Waals surface area contributed by atoms with Crippen LogP contribution in [0.25, 0.3) is 0 Å². The number of Topliss-reactive ketones (excluding diaryl/α,β-unsaturated/α-hetero) is 1. The van der Waals surface area contributed by atoms with E-state index in [1.807, 2.05) is 0 Å². The fourth-order valence-electron chi connectivity index (χ4n) is 1.81. The molecule has 0 spiro atoms. The number of nitrogens with one attached hydrogen (secondary N) is 1. The summed E-state index contributed by atoms with van der Waals surface area (Å²) in [5.41, 5.74) is 0.915. The molecule has 0 radical (unpaired) electrons. The zero-order valence-corrected chi connectivity index (χ0v) is 12.0. The van der Waals surface area contributed by atoms with Crippen LogP contribution in [0.15, 0.2) is 12.3 Å². The molecular formula is C14H20N2O4. The maximum absolute atomic E-state index is 11.9. The zero-order chi connectivity index (χ0) is 15.3. The maximum atomic E-state index is 11.9. The van der Waals surface area contributed by atoms with E-state index >= 15 is 0 Å². The SMILES string of the molecule is CC(=O)c1cc(C(=O)NCCCC(C)C(=O)O)n(C)c1. The minimum atomic E-state index is -0.829. The van der Waals surface area contributed by atoms with Gasteiger partial charge >= 0.3 is 5.97 Å². The molecule has 1 unspecified atom stereocenters. The second-order valence-electron chi connectivity index (χ2n) is 4.92. The van der Waals surface area contributed by atoms with Crippen LogP contribution in [-0.2, 0) is 11.8 Å². The molecule has 0 aliphatic carbocycles. The molecule has 2 N–H and O–H groups in total. The summed E-state index contributed by atoms with van der Waals surface area (Å²) in [4.78, 5) is 33.8. The Balaban J connectivity index is 2.47. The van der Waals surface area contributed by atoms with E-state index in [0.717, 1.165) is 0 Å². The van der Waals surface area contributed by atoms with Crippen LogP contribution in [0.3, 0.4) is 0 Å². The lowest BCUT2D eigenvalue weighted by Gasteiger charge is -2.07. The number of hydrogen-bond donors (Lipinski definition) is 2. The first-order valence-corrected chi connectivity index (χ1v) is 6.51. The van der Waals surface area contributed by atoms with Crippen molar-refractivity contribution in [2.24, 2.45) is 13.0 Å². The monoisotopic (exact) mass is 280 g/mol. The van der Waals surface area contributed by atoms with Crippen LogP contribution in [0.4, 0.5) is 0 Å². The number of carboxylic acids is 1. The summed E-state index contributed by atoms with van der Waals surface area (Å²) < 4.78 is 1.60. The third-order valence-corrected chi connectivity index (χ3v) is 3.17. The van der Waals surface area contributed by atoms with Crippen LogP contribution >= 0.6 is 0 Å². The first-order chi connectivity index (χ1) is 9.32. The number of hydrogen-bond acceptors (Lipinski definition) is 3. The van der Waals surface area contributed by atoms with Crippen molar-refractivity contribution < 1.29 is 19.5 Å². The smallest absolute Gasteiger partial charge is 0.306 e. The van der Waals surface area contributed by atoms with Gasteiger partial charge in [0.15, 0.2) is 5.78 Å². The number of ketones is 1. The van der Waals surface area contributed by atoms with Crippen molar-refractivity contribution in [1.29, 1.82) is 0 Å². The number of aromatic nitrogens is 1. The van der Waals surface area contributed by atoms with E-state index < -0.39 is 11.9 Å². The van der Waals surface area contributed by atoms with E-state index in [9.17, 15) is 14.4 Å². The number of amides is 1. The van der Waals surface area contributed by atoms with Crippen molar-refractivity contribution in [1.82, 2.24) is 9.88 Å². The predicted molar refractivity (Wildman–Crippen MR) is 73.8 cm³/mol. The first-order valence-electron chi connectivity index (χ1n) is 6.51. The molecule has 0 aliphatic rings. The van der Waals surface area contributed by atoms with Gasteiger partial charge in [-0.1, -0.05) is 6.92 Å². The molecule has 20 heavy (non-hydrogen) atoms. The molecule has 6 heteroatoms. The molecule has 0 saturated heterocycles. The molecule has 1 aromatic heterocycles. The van der Waals surface area contributed by atoms with Crippen molar-refractivity contribution in [3.63, 3.8) is 0 Å². The lowest BCUT2D eigenvalue weighted by atomic mass is 10.1. The second kappa shape index (κ2) is 6.88. The van der Waals surface area contributed by atoms with Crippen LogP contribution < -0.4 is 5.32 Å². The molecule has 6 nitrogen and oxygen atoms in total. The van der Waals surface area contributed by atoms with Crippen LogP contribution in [0, 0.1) is 5.92 Å². The number of carbonyl (C=O) groups is 3. The van der Waals surface area contributed by atoms with E-state index in [0.29, 0.717) is 30.6 Å². The van der Waals surface area contributed by atoms with Gasteiger partial charge in [0.05, 0.1) is 5.92 Å². The Hall–Kier alpha value is -2.11. The molecule has 0 bridgehead atoms. The standard InChI is InChI=1S/C14H20N2O4/c1-9(14(19)20)5-4-6-15-13(18)12-7-11(10(2)17)8-16(12)3/h7-9H,4-6H2,1-3H3,(H,15,18)(H,19,20). The third-order valence-electron chi connectivity index (χ3n) is 3.17. The molecule has 1 rings (SSSR count). The number of rotatable bonds is 7. The predicted octanol–water partition coefficient (Wildman–Crippen LogP) is 1.46. The summed E-state index contributed by atoms with van der Waals surface area (Å²) in [6.45, 7) is 3.50. The van der Waals surface area contributed by atoms with Gasteiger partial charge in [-0.15, -0.1) is 0 Å². The van der Waals surface area contributed by atoms with Crippen LogP contribution in [0.2, 0.25) is 0 Å². The largest absolute Gasteiger partial charge is 0.481 e. The highest BCUT2D eigenvalue weighted by atomic mass is 16.4. The quantitative estimate of drug-likeness (QED) is 0.584.